The smallest absolute Gasteiger partial charge is 0.338 e. The van der Waals surface area contributed by atoms with Crippen LogP contribution in [0.2, 0.25) is 0 Å². The Morgan fingerprint density at radius 1 is 0.875 bits per heavy atom. The molecule has 2 atom stereocenters. The van der Waals surface area contributed by atoms with E-state index in [2.05, 4.69) is 13.8 Å². The third-order valence-corrected chi connectivity index (χ3v) is 4.54. The maximum Gasteiger partial charge on any atom is 0.338 e. The van der Waals surface area contributed by atoms with Gasteiger partial charge in [-0.15, -0.1) is 0 Å². The normalized spacial score (nSPS) is 13.3. The standard InChI is InChI=1S/C21H26O3/c1-4-19(20(5-2)16-11-13-18(22)14-12-16)15-7-9-17(10-8-15)21(23)24-6-3/h7-14,19-20,22H,4-6H2,1-3H3/t19-,20+/m0/s1. The van der Waals surface area contributed by atoms with Crippen LogP contribution in [0.1, 0.15) is 66.9 Å². The van der Waals surface area contributed by atoms with Crippen LogP contribution in [0.5, 0.6) is 5.75 Å². The Hall–Kier alpha value is -2.29. The van der Waals surface area contributed by atoms with Gasteiger partial charge in [-0.1, -0.05) is 38.1 Å². The zero-order valence-corrected chi connectivity index (χ0v) is 14.7. The molecule has 0 aliphatic heterocycles. The lowest BCUT2D eigenvalue weighted by atomic mass is 9.78. The van der Waals surface area contributed by atoms with E-state index in [4.69, 9.17) is 4.74 Å². The van der Waals surface area contributed by atoms with E-state index in [0.717, 1.165) is 12.8 Å². The van der Waals surface area contributed by atoms with E-state index in [9.17, 15) is 9.90 Å². The number of phenolic OH excluding ortho intramolecular Hbond substituents is 1. The van der Waals surface area contributed by atoms with E-state index in [1.165, 1.54) is 11.1 Å². The summed E-state index contributed by atoms with van der Waals surface area (Å²) in [7, 11) is 0. The predicted octanol–water partition coefficient (Wildman–Crippen LogP) is 5.26. The number of carbonyl (C=O) groups is 1. The number of carbonyl (C=O) groups excluding carboxylic acids is 1. The molecule has 0 unspecified atom stereocenters. The first-order valence-corrected chi connectivity index (χ1v) is 8.66. The molecule has 0 aromatic heterocycles. The quantitative estimate of drug-likeness (QED) is 0.706. The highest BCUT2D eigenvalue weighted by Gasteiger charge is 2.22. The second kappa shape index (κ2) is 8.53. The molecule has 2 rings (SSSR count). The monoisotopic (exact) mass is 326 g/mol. The average Bonchev–Trinajstić information content (AvgIpc) is 2.61. The van der Waals surface area contributed by atoms with Gasteiger partial charge in [0.25, 0.3) is 0 Å². The molecule has 0 saturated heterocycles. The molecule has 0 amide bonds. The molecule has 0 bridgehead atoms. The summed E-state index contributed by atoms with van der Waals surface area (Å²) in [5.74, 6) is 0.767. The molecule has 0 aliphatic carbocycles. The van der Waals surface area contributed by atoms with E-state index >= 15 is 0 Å². The third kappa shape index (κ3) is 4.16. The molecule has 0 fully saturated rings. The van der Waals surface area contributed by atoms with Crippen LogP contribution < -0.4 is 0 Å². The first-order chi connectivity index (χ1) is 11.6. The van der Waals surface area contributed by atoms with Gasteiger partial charge in [-0.2, -0.15) is 0 Å². The molecule has 24 heavy (non-hydrogen) atoms. The molecule has 1 N–H and O–H groups in total. The van der Waals surface area contributed by atoms with Crippen LogP contribution in [-0.2, 0) is 4.74 Å². The van der Waals surface area contributed by atoms with E-state index in [1.807, 2.05) is 43.3 Å². The molecule has 0 spiro atoms. The van der Waals surface area contributed by atoms with Crippen LogP contribution in [-0.4, -0.2) is 17.7 Å². The fourth-order valence-electron chi connectivity index (χ4n) is 3.31. The molecule has 128 valence electrons. The van der Waals surface area contributed by atoms with Gasteiger partial charge < -0.3 is 9.84 Å². The predicted molar refractivity (Wildman–Crippen MR) is 96.6 cm³/mol. The highest BCUT2D eigenvalue weighted by Crippen LogP contribution is 2.38. The van der Waals surface area contributed by atoms with Crippen molar-refractivity contribution in [2.75, 3.05) is 6.61 Å². The minimum absolute atomic E-state index is 0.275. The first kappa shape index (κ1) is 18.1. The summed E-state index contributed by atoms with van der Waals surface area (Å²) in [6.45, 7) is 6.57. The van der Waals surface area contributed by atoms with Crippen LogP contribution in [0.4, 0.5) is 0 Å². The summed E-state index contributed by atoms with van der Waals surface area (Å²) in [5, 5.41) is 9.51. The van der Waals surface area contributed by atoms with Gasteiger partial charge in [0.2, 0.25) is 0 Å². The molecule has 0 aliphatic rings. The summed E-state index contributed by atoms with van der Waals surface area (Å²) in [6.07, 6.45) is 2.03. The van der Waals surface area contributed by atoms with Crippen molar-refractivity contribution in [3.05, 3.63) is 65.2 Å². The second-order valence-corrected chi connectivity index (χ2v) is 5.96. The summed E-state index contributed by atoms with van der Waals surface area (Å²) in [4.78, 5) is 11.8. The van der Waals surface area contributed by atoms with Crippen LogP contribution in [0.3, 0.4) is 0 Å². The zero-order chi connectivity index (χ0) is 17.5. The van der Waals surface area contributed by atoms with Crippen molar-refractivity contribution in [2.24, 2.45) is 0 Å². The number of ether oxygens (including phenoxy) is 1. The lowest BCUT2D eigenvalue weighted by molar-refractivity contribution is 0.0526. The Morgan fingerprint density at radius 2 is 1.33 bits per heavy atom. The maximum atomic E-state index is 11.8. The van der Waals surface area contributed by atoms with Gasteiger partial charge in [0, 0.05) is 0 Å². The number of phenols is 1. The summed E-state index contributed by atoms with van der Waals surface area (Å²) in [5.41, 5.74) is 3.05. The van der Waals surface area contributed by atoms with E-state index in [-0.39, 0.29) is 5.97 Å². The van der Waals surface area contributed by atoms with Crippen molar-refractivity contribution in [3.63, 3.8) is 0 Å². The van der Waals surface area contributed by atoms with Gasteiger partial charge in [0.05, 0.1) is 12.2 Å². The highest BCUT2D eigenvalue weighted by molar-refractivity contribution is 5.89. The lowest BCUT2D eigenvalue weighted by Crippen LogP contribution is -2.11. The van der Waals surface area contributed by atoms with Gasteiger partial charge in [0.1, 0.15) is 5.75 Å². The van der Waals surface area contributed by atoms with Crippen molar-refractivity contribution in [2.45, 2.75) is 45.4 Å². The highest BCUT2D eigenvalue weighted by atomic mass is 16.5. The summed E-state index contributed by atoms with van der Waals surface area (Å²) >= 11 is 0. The van der Waals surface area contributed by atoms with Crippen LogP contribution in [0.25, 0.3) is 0 Å². The molecule has 2 aromatic carbocycles. The van der Waals surface area contributed by atoms with E-state index < -0.39 is 0 Å². The maximum absolute atomic E-state index is 11.8. The van der Waals surface area contributed by atoms with E-state index in [0.29, 0.717) is 29.8 Å². The Balaban J connectivity index is 2.25. The third-order valence-electron chi connectivity index (χ3n) is 4.54. The number of rotatable bonds is 7. The zero-order valence-electron chi connectivity index (χ0n) is 14.7. The summed E-state index contributed by atoms with van der Waals surface area (Å²) in [6, 6.07) is 15.2. The molecule has 3 heteroatoms. The van der Waals surface area contributed by atoms with Gasteiger partial charge in [-0.05, 0) is 67.0 Å². The minimum Gasteiger partial charge on any atom is -0.508 e. The van der Waals surface area contributed by atoms with E-state index in [1.54, 1.807) is 12.1 Å². The fraction of sp³-hybridized carbons (Fsp3) is 0.381. The Bertz CT molecular complexity index is 644. The molecule has 3 nitrogen and oxygen atoms in total. The number of esters is 1. The Kier molecular flexibility index (Phi) is 6.42. The topological polar surface area (TPSA) is 46.5 Å². The Morgan fingerprint density at radius 3 is 1.75 bits per heavy atom. The van der Waals surface area contributed by atoms with Gasteiger partial charge >= 0.3 is 5.97 Å². The van der Waals surface area contributed by atoms with Crippen molar-refractivity contribution in [3.8, 4) is 5.75 Å². The molecule has 0 saturated carbocycles. The summed E-state index contributed by atoms with van der Waals surface area (Å²) < 4.78 is 5.04. The molecular weight excluding hydrogens is 300 g/mol. The van der Waals surface area contributed by atoms with Gasteiger partial charge in [-0.25, -0.2) is 4.79 Å². The fourth-order valence-corrected chi connectivity index (χ4v) is 3.31. The van der Waals surface area contributed by atoms with Crippen molar-refractivity contribution < 1.29 is 14.6 Å². The van der Waals surface area contributed by atoms with Crippen LogP contribution in [0.15, 0.2) is 48.5 Å². The van der Waals surface area contributed by atoms with Crippen molar-refractivity contribution in [1.82, 2.24) is 0 Å². The molecule has 0 radical (unpaired) electrons. The Labute approximate surface area is 144 Å². The number of hydrogen-bond acceptors (Lipinski definition) is 3. The van der Waals surface area contributed by atoms with Crippen molar-refractivity contribution >= 4 is 5.97 Å². The number of hydrogen-bond donors (Lipinski definition) is 1. The molecule has 2 aromatic rings. The van der Waals surface area contributed by atoms with Crippen molar-refractivity contribution in [1.29, 1.82) is 0 Å². The first-order valence-electron chi connectivity index (χ1n) is 8.66. The number of aromatic hydroxyl groups is 1. The second-order valence-electron chi connectivity index (χ2n) is 5.96. The SMILES string of the molecule is CCOC(=O)c1ccc([C@H](CC)[C@H](CC)c2ccc(O)cc2)cc1. The van der Waals surface area contributed by atoms with Crippen LogP contribution >= 0.6 is 0 Å². The number of benzene rings is 2. The van der Waals surface area contributed by atoms with Gasteiger partial charge in [0.15, 0.2) is 0 Å². The largest absolute Gasteiger partial charge is 0.508 e. The molecule has 0 heterocycles. The minimum atomic E-state index is -0.275. The van der Waals surface area contributed by atoms with Crippen LogP contribution in [0, 0.1) is 0 Å². The molecular formula is C21H26O3. The lowest BCUT2D eigenvalue weighted by Gasteiger charge is -2.26. The van der Waals surface area contributed by atoms with Gasteiger partial charge in [-0.3, -0.25) is 0 Å². The average molecular weight is 326 g/mol.